The summed E-state index contributed by atoms with van der Waals surface area (Å²) in [6, 6.07) is 4.46. The van der Waals surface area contributed by atoms with E-state index in [1.54, 1.807) is 11.0 Å². The molecule has 6 heteroatoms. The Morgan fingerprint density at radius 2 is 1.85 bits per heavy atom. The van der Waals surface area contributed by atoms with E-state index >= 15 is 0 Å². The number of hydrogen-bond acceptors (Lipinski definition) is 4. The first-order chi connectivity index (χ1) is 9.45. The van der Waals surface area contributed by atoms with Crippen molar-refractivity contribution in [1.29, 1.82) is 0 Å². The van der Waals surface area contributed by atoms with Crippen molar-refractivity contribution in [2.75, 3.05) is 33.7 Å². The molecule has 6 nitrogen and oxygen atoms in total. The number of carbonyl (C=O) groups excluding carboxylic acids is 1. The third kappa shape index (κ3) is 4.62. The molecule has 0 aliphatic rings. The summed E-state index contributed by atoms with van der Waals surface area (Å²) in [6.07, 6.45) is 0.866. The summed E-state index contributed by atoms with van der Waals surface area (Å²) < 4.78 is 0. The SMILES string of the molecule is CCN(CCCN(C)C)C(=O)c1cccc(C(=O)O)n1. The Kier molecular flexibility index (Phi) is 6.11. The van der Waals surface area contributed by atoms with Crippen molar-refractivity contribution in [1.82, 2.24) is 14.8 Å². The minimum Gasteiger partial charge on any atom is -0.477 e. The van der Waals surface area contributed by atoms with E-state index in [0.29, 0.717) is 13.1 Å². The highest BCUT2D eigenvalue weighted by molar-refractivity contribution is 5.94. The Hall–Kier alpha value is -1.95. The van der Waals surface area contributed by atoms with Crippen LogP contribution in [0.25, 0.3) is 0 Å². The van der Waals surface area contributed by atoms with Crippen LogP contribution >= 0.6 is 0 Å². The number of hydrogen-bond donors (Lipinski definition) is 1. The lowest BCUT2D eigenvalue weighted by molar-refractivity contribution is 0.0690. The molecule has 0 spiro atoms. The molecule has 110 valence electrons. The Balaban J connectivity index is 2.75. The van der Waals surface area contributed by atoms with Crippen LogP contribution in [0.4, 0.5) is 0 Å². The monoisotopic (exact) mass is 279 g/mol. The van der Waals surface area contributed by atoms with E-state index in [1.807, 2.05) is 21.0 Å². The van der Waals surface area contributed by atoms with Crippen LogP contribution < -0.4 is 0 Å². The van der Waals surface area contributed by atoms with Gasteiger partial charge in [0.2, 0.25) is 0 Å². The molecular weight excluding hydrogens is 258 g/mol. The van der Waals surface area contributed by atoms with E-state index in [0.717, 1.165) is 13.0 Å². The van der Waals surface area contributed by atoms with Crippen LogP contribution in [0.3, 0.4) is 0 Å². The lowest BCUT2D eigenvalue weighted by atomic mass is 10.2. The second kappa shape index (κ2) is 7.59. The van der Waals surface area contributed by atoms with Crippen molar-refractivity contribution in [3.05, 3.63) is 29.6 Å². The van der Waals surface area contributed by atoms with Crippen LogP contribution in [0, 0.1) is 0 Å². The Labute approximate surface area is 119 Å². The largest absolute Gasteiger partial charge is 0.477 e. The first kappa shape index (κ1) is 16.1. The Bertz CT molecular complexity index is 474. The average molecular weight is 279 g/mol. The van der Waals surface area contributed by atoms with E-state index in [2.05, 4.69) is 9.88 Å². The molecule has 1 amide bonds. The smallest absolute Gasteiger partial charge is 0.354 e. The number of pyridine rings is 1. The minimum absolute atomic E-state index is 0.111. The zero-order valence-electron chi connectivity index (χ0n) is 12.2. The van der Waals surface area contributed by atoms with Gasteiger partial charge in [-0.1, -0.05) is 6.07 Å². The lowest BCUT2D eigenvalue weighted by Gasteiger charge is -2.21. The predicted octanol–water partition coefficient (Wildman–Crippen LogP) is 1.19. The van der Waals surface area contributed by atoms with E-state index in [-0.39, 0.29) is 17.3 Å². The van der Waals surface area contributed by atoms with Crippen molar-refractivity contribution >= 4 is 11.9 Å². The fourth-order valence-electron chi connectivity index (χ4n) is 1.82. The number of rotatable bonds is 7. The van der Waals surface area contributed by atoms with Crippen molar-refractivity contribution < 1.29 is 14.7 Å². The van der Waals surface area contributed by atoms with Crippen molar-refractivity contribution in [2.45, 2.75) is 13.3 Å². The molecule has 0 saturated carbocycles. The maximum Gasteiger partial charge on any atom is 0.354 e. The molecule has 1 rings (SSSR count). The number of carboxylic acids is 1. The fourth-order valence-corrected chi connectivity index (χ4v) is 1.82. The van der Waals surface area contributed by atoms with Gasteiger partial charge >= 0.3 is 5.97 Å². The third-order valence-electron chi connectivity index (χ3n) is 2.89. The van der Waals surface area contributed by atoms with Gasteiger partial charge in [0, 0.05) is 13.1 Å². The number of aromatic carboxylic acids is 1. The molecule has 0 bridgehead atoms. The Morgan fingerprint density at radius 1 is 1.20 bits per heavy atom. The molecule has 0 atom stereocenters. The molecular formula is C14H21N3O3. The quantitative estimate of drug-likeness (QED) is 0.811. The zero-order chi connectivity index (χ0) is 15.1. The molecule has 0 radical (unpaired) electrons. The van der Waals surface area contributed by atoms with Gasteiger partial charge in [-0.15, -0.1) is 0 Å². The minimum atomic E-state index is -1.13. The van der Waals surface area contributed by atoms with Gasteiger partial charge in [0.25, 0.3) is 5.91 Å². The van der Waals surface area contributed by atoms with Crippen molar-refractivity contribution in [2.24, 2.45) is 0 Å². The molecule has 0 unspecified atom stereocenters. The molecule has 0 aliphatic carbocycles. The number of aromatic nitrogens is 1. The highest BCUT2D eigenvalue weighted by atomic mass is 16.4. The summed E-state index contributed by atoms with van der Waals surface area (Å²) >= 11 is 0. The van der Waals surface area contributed by atoms with Gasteiger partial charge in [-0.2, -0.15) is 0 Å². The molecule has 1 aromatic heterocycles. The number of amides is 1. The summed E-state index contributed by atoms with van der Waals surface area (Å²) in [5.41, 5.74) is 0.0665. The van der Waals surface area contributed by atoms with E-state index in [1.165, 1.54) is 12.1 Å². The fraction of sp³-hybridized carbons (Fsp3) is 0.500. The van der Waals surface area contributed by atoms with Gasteiger partial charge in [-0.3, -0.25) is 4.79 Å². The van der Waals surface area contributed by atoms with Gasteiger partial charge in [0.1, 0.15) is 11.4 Å². The van der Waals surface area contributed by atoms with Gasteiger partial charge in [0.15, 0.2) is 0 Å². The average Bonchev–Trinajstić information content (AvgIpc) is 2.42. The van der Waals surface area contributed by atoms with E-state index < -0.39 is 5.97 Å². The highest BCUT2D eigenvalue weighted by Crippen LogP contribution is 2.05. The molecule has 0 saturated heterocycles. The number of carboxylic acid groups (broad SMARTS) is 1. The summed E-state index contributed by atoms with van der Waals surface area (Å²) in [5, 5.41) is 8.90. The Morgan fingerprint density at radius 3 is 2.40 bits per heavy atom. The van der Waals surface area contributed by atoms with Crippen LogP contribution in [0.2, 0.25) is 0 Å². The maximum atomic E-state index is 12.3. The van der Waals surface area contributed by atoms with Crippen LogP contribution in [0.5, 0.6) is 0 Å². The topological polar surface area (TPSA) is 73.7 Å². The van der Waals surface area contributed by atoms with Crippen LogP contribution in [-0.4, -0.2) is 65.5 Å². The number of nitrogens with zero attached hydrogens (tertiary/aromatic N) is 3. The lowest BCUT2D eigenvalue weighted by Crippen LogP contribution is -2.34. The first-order valence-electron chi connectivity index (χ1n) is 6.60. The molecule has 1 aromatic rings. The molecule has 1 N–H and O–H groups in total. The van der Waals surface area contributed by atoms with Crippen LogP contribution in [0.1, 0.15) is 34.3 Å². The van der Waals surface area contributed by atoms with Crippen LogP contribution in [0.15, 0.2) is 18.2 Å². The highest BCUT2D eigenvalue weighted by Gasteiger charge is 2.16. The molecule has 1 heterocycles. The maximum absolute atomic E-state index is 12.3. The summed E-state index contributed by atoms with van der Waals surface area (Å²) in [4.78, 5) is 30.8. The van der Waals surface area contributed by atoms with Crippen molar-refractivity contribution in [3.8, 4) is 0 Å². The molecule has 0 fully saturated rings. The standard InChI is InChI=1S/C14H21N3O3/c1-4-17(10-6-9-16(2)3)13(18)11-7-5-8-12(15-11)14(19)20/h5,7-8H,4,6,9-10H2,1-3H3,(H,19,20). The molecule has 0 aromatic carbocycles. The zero-order valence-corrected chi connectivity index (χ0v) is 12.2. The summed E-state index contributed by atoms with van der Waals surface area (Å²) in [7, 11) is 3.96. The molecule has 20 heavy (non-hydrogen) atoms. The molecule has 0 aliphatic heterocycles. The summed E-state index contributed by atoms with van der Waals surface area (Å²) in [6.45, 7) is 4.00. The summed E-state index contributed by atoms with van der Waals surface area (Å²) in [5.74, 6) is -1.36. The third-order valence-corrected chi connectivity index (χ3v) is 2.89. The van der Waals surface area contributed by atoms with Crippen LogP contribution in [-0.2, 0) is 0 Å². The predicted molar refractivity (Wildman–Crippen MR) is 75.9 cm³/mol. The van der Waals surface area contributed by atoms with Gasteiger partial charge < -0.3 is 14.9 Å². The van der Waals surface area contributed by atoms with E-state index in [9.17, 15) is 9.59 Å². The van der Waals surface area contributed by atoms with Crippen molar-refractivity contribution in [3.63, 3.8) is 0 Å². The van der Waals surface area contributed by atoms with E-state index in [4.69, 9.17) is 5.11 Å². The second-order valence-electron chi connectivity index (χ2n) is 4.75. The second-order valence-corrected chi connectivity index (χ2v) is 4.75. The first-order valence-corrected chi connectivity index (χ1v) is 6.60. The van der Waals surface area contributed by atoms with Gasteiger partial charge in [0.05, 0.1) is 0 Å². The number of carbonyl (C=O) groups is 2. The normalized spacial score (nSPS) is 10.6. The van der Waals surface area contributed by atoms with Gasteiger partial charge in [-0.05, 0) is 46.1 Å². The van der Waals surface area contributed by atoms with Gasteiger partial charge in [-0.25, -0.2) is 9.78 Å².